The highest BCUT2D eigenvalue weighted by molar-refractivity contribution is 7.88. The van der Waals surface area contributed by atoms with E-state index < -0.39 is 10.0 Å². The Morgan fingerprint density at radius 1 is 1.32 bits per heavy atom. The molecular formula is C19H28FN5O2S. The zero-order chi connectivity index (χ0) is 20.1. The Balaban J connectivity index is 1.43. The summed E-state index contributed by atoms with van der Waals surface area (Å²) in [6.45, 7) is 2.59. The van der Waals surface area contributed by atoms with Gasteiger partial charge in [0.2, 0.25) is 10.0 Å². The number of aliphatic imine (C=N–C) groups is 1. The zero-order valence-corrected chi connectivity index (χ0v) is 17.2. The van der Waals surface area contributed by atoms with Gasteiger partial charge in [-0.15, -0.1) is 0 Å². The number of rotatable bonds is 6. The van der Waals surface area contributed by atoms with E-state index in [4.69, 9.17) is 0 Å². The summed E-state index contributed by atoms with van der Waals surface area (Å²) in [5.74, 6) is 0.908. The van der Waals surface area contributed by atoms with Crippen LogP contribution in [0.1, 0.15) is 18.4 Å². The number of piperidine rings is 1. The largest absolute Gasteiger partial charge is 0.361 e. The second-order valence-electron chi connectivity index (χ2n) is 7.24. The number of fused-ring (bicyclic) bond motifs is 1. The topological polar surface area (TPSA) is 89.6 Å². The number of hydrogen-bond acceptors (Lipinski definition) is 3. The summed E-state index contributed by atoms with van der Waals surface area (Å²) in [6, 6.07) is 4.75. The highest BCUT2D eigenvalue weighted by Gasteiger charge is 2.24. The smallest absolute Gasteiger partial charge is 0.211 e. The molecule has 1 aromatic carbocycles. The first-order valence-corrected chi connectivity index (χ1v) is 11.4. The van der Waals surface area contributed by atoms with Crippen molar-refractivity contribution in [1.29, 1.82) is 0 Å². The molecule has 1 aliphatic rings. The van der Waals surface area contributed by atoms with Gasteiger partial charge in [0.25, 0.3) is 0 Å². The van der Waals surface area contributed by atoms with Crippen molar-refractivity contribution in [2.24, 2.45) is 10.9 Å². The van der Waals surface area contributed by atoms with Gasteiger partial charge in [0.05, 0.1) is 6.26 Å². The second-order valence-corrected chi connectivity index (χ2v) is 9.22. The van der Waals surface area contributed by atoms with Crippen LogP contribution >= 0.6 is 0 Å². The van der Waals surface area contributed by atoms with Crippen molar-refractivity contribution in [3.63, 3.8) is 0 Å². The van der Waals surface area contributed by atoms with Gasteiger partial charge in [0, 0.05) is 50.3 Å². The van der Waals surface area contributed by atoms with Crippen LogP contribution in [0.25, 0.3) is 10.9 Å². The minimum atomic E-state index is -3.09. The Bertz CT molecular complexity index is 933. The van der Waals surface area contributed by atoms with Gasteiger partial charge in [-0.3, -0.25) is 4.99 Å². The third kappa shape index (κ3) is 5.23. The Labute approximate surface area is 165 Å². The highest BCUT2D eigenvalue weighted by Crippen LogP contribution is 2.20. The predicted molar refractivity (Wildman–Crippen MR) is 110 cm³/mol. The van der Waals surface area contributed by atoms with E-state index in [9.17, 15) is 12.8 Å². The van der Waals surface area contributed by atoms with Crippen LogP contribution in [0.5, 0.6) is 0 Å². The molecule has 9 heteroatoms. The lowest BCUT2D eigenvalue weighted by Gasteiger charge is -2.30. The van der Waals surface area contributed by atoms with Crippen molar-refractivity contribution in [2.75, 3.05) is 39.5 Å². The summed E-state index contributed by atoms with van der Waals surface area (Å²) >= 11 is 0. The first-order valence-electron chi connectivity index (χ1n) is 9.52. The molecule has 0 radical (unpaired) electrons. The Kier molecular flexibility index (Phi) is 6.56. The van der Waals surface area contributed by atoms with Crippen molar-refractivity contribution in [2.45, 2.75) is 19.3 Å². The average Bonchev–Trinajstić information content (AvgIpc) is 3.06. The monoisotopic (exact) mass is 409 g/mol. The Morgan fingerprint density at radius 3 is 2.75 bits per heavy atom. The first kappa shape index (κ1) is 20.6. The lowest BCUT2D eigenvalue weighted by Crippen LogP contribution is -2.44. The maximum Gasteiger partial charge on any atom is 0.211 e. The summed E-state index contributed by atoms with van der Waals surface area (Å²) in [4.78, 5) is 7.40. The molecule has 154 valence electrons. The van der Waals surface area contributed by atoms with Crippen LogP contribution < -0.4 is 10.6 Å². The van der Waals surface area contributed by atoms with E-state index in [0.717, 1.165) is 48.2 Å². The number of H-pyrrole nitrogens is 1. The normalized spacial score (nSPS) is 17.2. The van der Waals surface area contributed by atoms with E-state index in [1.54, 1.807) is 23.5 Å². The number of sulfonamides is 1. The Hall–Kier alpha value is -2.13. The van der Waals surface area contributed by atoms with Crippen molar-refractivity contribution >= 4 is 26.9 Å². The molecule has 2 aromatic rings. The van der Waals surface area contributed by atoms with Gasteiger partial charge < -0.3 is 15.6 Å². The van der Waals surface area contributed by atoms with Crippen LogP contribution in [0.2, 0.25) is 0 Å². The molecule has 0 amide bonds. The first-order chi connectivity index (χ1) is 13.4. The quantitative estimate of drug-likeness (QED) is 0.500. The summed E-state index contributed by atoms with van der Waals surface area (Å²) < 4.78 is 38.2. The van der Waals surface area contributed by atoms with Gasteiger partial charge in [0.1, 0.15) is 5.82 Å². The summed E-state index contributed by atoms with van der Waals surface area (Å²) in [5, 5.41) is 7.51. The third-order valence-electron chi connectivity index (χ3n) is 5.24. The molecule has 0 aliphatic carbocycles. The SMILES string of the molecule is CN=C(NCCc1c[nH]c2ccc(F)cc12)NCC1CCN(S(C)(=O)=O)CC1. The van der Waals surface area contributed by atoms with E-state index >= 15 is 0 Å². The van der Waals surface area contributed by atoms with Gasteiger partial charge in [-0.1, -0.05) is 0 Å². The molecule has 2 heterocycles. The van der Waals surface area contributed by atoms with Crippen LogP contribution in [0.3, 0.4) is 0 Å². The molecular weight excluding hydrogens is 381 g/mol. The number of benzene rings is 1. The van der Waals surface area contributed by atoms with Crippen LogP contribution in [-0.4, -0.2) is 63.1 Å². The summed E-state index contributed by atoms with van der Waals surface area (Å²) in [6.07, 6.45) is 5.61. The van der Waals surface area contributed by atoms with E-state index in [2.05, 4.69) is 20.6 Å². The minimum Gasteiger partial charge on any atom is -0.361 e. The molecule has 0 unspecified atom stereocenters. The van der Waals surface area contributed by atoms with Crippen LogP contribution in [-0.2, 0) is 16.4 Å². The van der Waals surface area contributed by atoms with Gasteiger partial charge in [0.15, 0.2) is 5.96 Å². The fourth-order valence-electron chi connectivity index (χ4n) is 3.58. The number of aromatic amines is 1. The average molecular weight is 410 g/mol. The van der Waals surface area contributed by atoms with E-state index in [0.29, 0.717) is 25.6 Å². The number of hydrogen-bond donors (Lipinski definition) is 3. The molecule has 0 bridgehead atoms. The van der Waals surface area contributed by atoms with Crippen molar-refractivity contribution in [1.82, 2.24) is 19.9 Å². The summed E-state index contributed by atoms with van der Waals surface area (Å²) in [7, 11) is -1.36. The maximum atomic E-state index is 13.5. The molecule has 3 N–H and O–H groups in total. The lowest BCUT2D eigenvalue weighted by molar-refractivity contribution is 0.275. The van der Waals surface area contributed by atoms with E-state index in [1.807, 2.05) is 6.20 Å². The molecule has 1 aromatic heterocycles. The van der Waals surface area contributed by atoms with Gasteiger partial charge in [-0.25, -0.2) is 17.1 Å². The highest BCUT2D eigenvalue weighted by atomic mass is 32.2. The molecule has 1 aliphatic heterocycles. The molecule has 0 saturated carbocycles. The number of aromatic nitrogens is 1. The predicted octanol–water partition coefficient (Wildman–Crippen LogP) is 1.69. The van der Waals surface area contributed by atoms with Gasteiger partial charge >= 0.3 is 0 Å². The number of halogens is 1. The number of nitrogens with one attached hydrogen (secondary N) is 3. The van der Waals surface area contributed by atoms with Crippen LogP contribution in [0, 0.1) is 11.7 Å². The van der Waals surface area contributed by atoms with Crippen LogP contribution in [0.15, 0.2) is 29.4 Å². The molecule has 3 rings (SSSR count). The lowest BCUT2D eigenvalue weighted by atomic mass is 9.98. The maximum absolute atomic E-state index is 13.5. The minimum absolute atomic E-state index is 0.235. The third-order valence-corrected chi connectivity index (χ3v) is 6.54. The number of nitrogens with zero attached hydrogens (tertiary/aromatic N) is 2. The fourth-order valence-corrected chi connectivity index (χ4v) is 4.45. The van der Waals surface area contributed by atoms with E-state index in [1.165, 1.54) is 12.3 Å². The van der Waals surface area contributed by atoms with Crippen molar-refractivity contribution in [3.05, 3.63) is 35.8 Å². The van der Waals surface area contributed by atoms with E-state index in [-0.39, 0.29) is 5.82 Å². The second kappa shape index (κ2) is 8.91. The van der Waals surface area contributed by atoms with Crippen LogP contribution in [0.4, 0.5) is 4.39 Å². The molecule has 0 atom stereocenters. The molecule has 7 nitrogen and oxygen atoms in total. The zero-order valence-electron chi connectivity index (χ0n) is 16.3. The molecule has 1 saturated heterocycles. The van der Waals surface area contributed by atoms with Gasteiger partial charge in [-0.2, -0.15) is 0 Å². The Morgan fingerprint density at radius 2 is 2.07 bits per heavy atom. The van der Waals surface area contributed by atoms with Crippen molar-refractivity contribution < 1.29 is 12.8 Å². The molecule has 0 spiro atoms. The van der Waals surface area contributed by atoms with Gasteiger partial charge in [-0.05, 0) is 48.9 Å². The fraction of sp³-hybridized carbons (Fsp3) is 0.526. The standard InChI is InChI=1S/C19H28FN5O2S/c1-21-19(24-12-14-6-9-25(10-7-14)28(2,26)27)22-8-5-15-13-23-18-4-3-16(20)11-17(15)18/h3-4,11,13-14,23H,5-10,12H2,1-2H3,(H2,21,22,24). The molecule has 28 heavy (non-hydrogen) atoms. The van der Waals surface area contributed by atoms with Crippen molar-refractivity contribution in [3.8, 4) is 0 Å². The number of guanidine groups is 1. The molecule has 1 fully saturated rings. The summed E-state index contributed by atoms with van der Waals surface area (Å²) in [5.41, 5.74) is 1.99.